The number of ether oxygens (including phenoxy) is 1. The van der Waals surface area contributed by atoms with Crippen molar-refractivity contribution in [3.05, 3.63) is 16.3 Å². The van der Waals surface area contributed by atoms with E-state index in [4.69, 9.17) is 0 Å². The average Bonchev–Trinajstić information content (AvgIpc) is 2.76. The number of thiophene rings is 1. The van der Waals surface area contributed by atoms with Crippen LogP contribution in [0.1, 0.15) is 29.4 Å². The lowest BCUT2D eigenvalue weighted by Crippen LogP contribution is -2.29. The first-order valence-corrected chi connectivity index (χ1v) is 6.27. The van der Waals surface area contributed by atoms with Gasteiger partial charge in [-0.2, -0.15) is 0 Å². The lowest BCUT2D eigenvalue weighted by molar-refractivity contribution is 0.0607. The molecule has 0 radical (unpaired) electrons. The molecule has 0 aliphatic rings. The van der Waals surface area contributed by atoms with Gasteiger partial charge in [-0.25, -0.2) is 9.59 Å². The molecule has 1 aromatic rings. The fraction of sp³-hybridized carbons (Fsp3) is 0.455. The van der Waals surface area contributed by atoms with Crippen LogP contribution in [0.25, 0.3) is 0 Å². The second kappa shape index (κ2) is 6.90. The van der Waals surface area contributed by atoms with Crippen LogP contribution < -0.4 is 10.6 Å². The first-order valence-electron chi connectivity index (χ1n) is 5.39. The van der Waals surface area contributed by atoms with Gasteiger partial charge in [-0.05, 0) is 17.9 Å². The quantitative estimate of drug-likeness (QED) is 0.628. The van der Waals surface area contributed by atoms with E-state index in [9.17, 15) is 9.59 Å². The van der Waals surface area contributed by atoms with Gasteiger partial charge < -0.3 is 15.4 Å². The fourth-order valence-corrected chi connectivity index (χ4v) is 1.97. The van der Waals surface area contributed by atoms with Crippen molar-refractivity contribution in [1.29, 1.82) is 0 Å². The third-order valence-electron chi connectivity index (χ3n) is 2.10. The molecule has 0 aliphatic carbocycles. The molecule has 2 amide bonds. The minimum absolute atomic E-state index is 0.304. The molecule has 1 rings (SSSR count). The number of amides is 2. The van der Waals surface area contributed by atoms with Crippen LogP contribution in [0.2, 0.25) is 0 Å². The number of esters is 1. The van der Waals surface area contributed by atoms with Crippen molar-refractivity contribution < 1.29 is 14.3 Å². The molecular weight excluding hydrogens is 240 g/mol. The Morgan fingerprint density at radius 3 is 2.88 bits per heavy atom. The summed E-state index contributed by atoms with van der Waals surface area (Å²) in [6.07, 6.45) is 1.95. The molecule has 5 nitrogen and oxygen atoms in total. The van der Waals surface area contributed by atoms with E-state index in [1.807, 2.05) is 6.92 Å². The highest BCUT2D eigenvalue weighted by atomic mass is 32.1. The van der Waals surface area contributed by atoms with Crippen LogP contribution in [0.3, 0.4) is 0 Å². The van der Waals surface area contributed by atoms with Gasteiger partial charge in [-0.1, -0.05) is 13.3 Å². The van der Waals surface area contributed by atoms with Crippen LogP contribution in [0.5, 0.6) is 0 Å². The molecule has 94 valence electrons. The number of hydrogen-bond acceptors (Lipinski definition) is 4. The summed E-state index contributed by atoms with van der Waals surface area (Å²) in [4.78, 5) is 23.2. The molecule has 0 fully saturated rings. The van der Waals surface area contributed by atoms with Gasteiger partial charge in [0.05, 0.1) is 12.8 Å². The summed E-state index contributed by atoms with van der Waals surface area (Å²) in [6.45, 7) is 2.67. The number of anilines is 1. The standard InChI is InChI=1S/C11H16N2O3S/c1-3-4-6-12-11(15)13-8-5-7-17-9(8)10(14)16-2/h5,7H,3-4,6H2,1-2H3,(H2,12,13,15). The molecule has 0 saturated heterocycles. The molecule has 1 heterocycles. The molecule has 0 spiro atoms. The Hall–Kier alpha value is -1.56. The molecule has 0 aliphatic heterocycles. The SMILES string of the molecule is CCCCNC(=O)Nc1ccsc1C(=O)OC. The van der Waals surface area contributed by atoms with Gasteiger partial charge in [0.1, 0.15) is 4.88 Å². The number of unbranched alkanes of at least 4 members (excludes halogenated alkanes) is 1. The fourth-order valence-electron chi connectivity index (χ4n) is 1.20. The zero-order valence-electron chi connectivity index (χ0n) is 9.91. The van der Waals surface area contributed by atoms with Crippen LogP contribution in [-0.2, 0) is 4.74 Å². The van der Waals surface area contributed by atoms with Crippen molar-refractivity contribution in [2.75, 3.05) is 19.0 Å². The minimum atomic E-state index is -0.441. The van der Waals surface area contributed by atoms with Crippen LogP contribution in [-0.4, -0.2) is 25.7 Å². The summed E-state index contributed by atoms with van der Waals surface area (Å²) in [6, 6.07) is 1.37. The first-order chi connectivity index (χ1) is 8.19. The molecule has 0 atom stereocenters. The van der Waals surface area contributed by atoms with Gasteiger partial charge in [0.25, 0.3) is 0 Å². The maximum absolute atomic E-state index is 11.5. The second-order valence-electron chi connectivity index (χ2n) is 3.39. The van der Waals surface area contributed by atoms with E-state index in [0.717, 1.165) is 12.8 Å². The highest BCUT2D eigenvalue weighted by molar-refractivity contribution is 7.12. The Labute approximate surface area is 104 Å². The van der Waals surface area contributed by atoms with E-state index < -0.39 is 5.97 Å². The smallest absolute Gasteiger partial charge is 0.350 e. The summed E-state index contributed by atoms with van der Waals surface area (Å²) < 4.78 is 4.62. The van der Waals surface area contributed by atoms with Crippen molar-refractivity contribution in [2.45, 2.75) is 19.8 Å². The minimum Gasteiger partial charge on any atom is -0.465 e. The highest BCUT2D eigenvalue weighted by Gasteiger charge is 2.14. The van der Waals surface area contributed by atoms with Gasteiger partial charge in [-0.15, -0.1) is 11.3 Å². The van der Waals surface area contributed by atoms with Gasteiger partial charge in [0, 0.05) is 6.54 Å². The predicted octanol–water partition coefficient (Wildman–Crippen LogP) is 2.46. The zero-order chi connectivity index (χ0) is 12.7. The number of carbonyl (C=O) groups excluding carboxylic acids is 2. The van der Waals surface area contributed by atoms with Crippen molar-refractivity contribution in [1.82, 2.24) is 5.32 Å². The molecule has 17 heavy (non-hydrogen) atoms. The van der Waals surface area contributed by atoms with E-state index in [2.05, 4.69) is 15.4 Å². The van der Waals surface area contributed by atoms with Crippen molar-refractivity contribution >= 4 is 29.0 Å². The molecule has 0 aromatic carbocycles. The van der Waals surface area contributed by atoms with Crippen LogP contribution in [0.15, 0.2) is 11.4 Å². The van der Waals surface area contributed by atoms with Gasteiger partial charge >= 0.3 is 12.0 Å². The summed E-state index contributed by atoms with van der Waals surface area (Å²) in [7, 11) is 1.31. The molecule has 0 bridgehead atoms. The van der Waals surface area contributed by atoms with Crippen molar-refractivity contribution in [2.24, 2.45) is 0 Å². The number of nitrogens with one attached hydrogen (secondary N) is 2. The summed E-state index contributed by atoms with van der Waals surface area (Å²) >= 11 is 1.24. The Morgan fingerprint density at radius 1 is 1.47 bits per heavy atom. The van der Waals surface area contributed by atoms with E-state index in [1.165, 1.54) is 18.4 Å². The third-order valence-corrected chi connectivity index (χ3v) is 2.99. The summed E-state index contributed by atoms with van der Waals surface area (Å²) in [5.74, 6) is -0.441. The van der Waals surface area contributed by atoms with Crippen LogP contribution >= 0.6 is 11.3 Å². The van der Waals surface area contributed by atoms with Crippen LogP contribution in [0, 0.1) is 0 Å². The van der Waals surface area contributed by atoms with Gasteiger partial charge in [-0.3, -0.25) is 0 Å². The Balaban J connectivity index is 2.53. The number of carbonyl (C=O) groups is 2. The molecule has 0 unspecified atom stereocenters. The Kier molecular flexibility index (Phi) is 5.48. The first kappa shape index (κ1) is 13.5. The van der Waals surface area contributed by atoms with Gasteiger partial charge in [0.15, 0.2) is 0 Å². The largest absolute Gasteiger partial charge is 0.465 e. The maximum atomic E-state index is 11.5. The second-order valence-corrected chi connectivity index (χ2v) is 4.31. The number of urea groups is 1. The van der Waals surface area contributed by atoms with Gasteiger partial charge in [0.2, 0.25) is 0 Å². The summed E-state index contributed by atoms with van der Waals surface area (Å²) in [5.41, 5.74) is 0.482. The normalized spacial score (nSPS) is 9.76. The molecular formula is C11H16N2O3S. The predicted molar refractivity (Wildman–Crippen MR) is 67.6 cm³/mol. The van der Waals surface area contributed by atoms with Crippen molar-refractivity contribution in [3.63, 3.8) is 0 Å². The lowest BCUT2D eigenvalue weighted by atomic mass is 10.3. The highest BCUT2D eigenvalue weighted by Crippen LogP contribution is 2.22. The number of hydrogen-bond donors (Lipinski definition) is 2. The third kappa shape index (κ3) is 4.07. The van der Waals surface area contributed by atoms with Crippen molar-refractivity contribution in [3.8, 4) is 0 Å². The Bertz CT molecular complexity index is 390. The Morgan fingerprint density at radius 2 is 2.24 bits per heavy atom. The number of rotatable bonds is 5. The zero-order valence-corrected chi connectivity index (χ0v) is 10.7. The monoisotopic (exact) mass is 256 g/mol. The van der Waals surface area contributed by atoms with E-state index >= 15 is 0 Å². The van der Waals surface area contributed by atoms with E-state index in [-0.39, 0.29) is 6.03 Å². The topological polar surface area (TPSA) is 67.4 Å². The van der Waals surface area contributed by atoms with E-state index in [1.54, 1.807) is 11.4 Å². The van der Waals surface area contributed by atoms with Crippen LogP contribution in [0.4, 0.5) is 10.5 Å². The summed E-state index contributed by atoms with van der Waals surface area (Å²) in [5, 5.41) is 7.06. The molecule has 6 heteroatoms. The molecule has 1 aromatic heterocycles. The maximum Gasteiger partial charge on any atom is 0.350 e. The average molecular weight is 256 g/mol. The molecule has 0 saturated carbocycles. The molecule has 2 N–H and O–H groups in total. The lowest BCUT2D eigenvalue weighted by Gasteiger charge is -2.06. The van der Waals surface area contributed by atoms with E-state index in [0.29, 0.717) is 17.1 Å². The number of methoxy groups -OCH3 is 1.